The van der Waals surface area contributed by atoms with Gasteiger partial charge in [0.25, 0.3) is 0 Å². The molecular formula is C16H23N3O3. The second kappa shape index (κ2) is 8.38. The van der Waals surface area contributed by atoms with Crippen LogP contribution in [-0.4, -0.2) is 61.4 Å². The Bertz CT molecular complexity index is 499. The van der Waals surface area contributed by atoms with E-state index in [2.05, 4.69) is 10.2 Å². The molecule has 0 unspecified atom stereocenters. The average Bonchev–Trinajstić information content (AvgIpc) is 2.55. The minimum absolute atomic E-state index is 0.0232. The Balaban J connectivity index is 1.78. The smallest absolute Gasteiger partial charge is 0.225 e. The standard InChI is InChI=1S/C16H23N3O3/c1-2-22-15-6-4-3-5-14(15)17-16(21)7-8-18-9-11-19(13-20)12-10-18/h3-6,13H,2,7-12H2,1H3,(H,17,21). The van der Waals surface area contributed by atoms with Crippen LogP contribution in [0.4, 0.5) is 5.69 Å². The first kappa shape index (κ1) is 16.3. The SMILES string of the molecule is CCOc1ccccc1NC(=O)CCN1CCN(C=O)CC1. The first-order valence-corrected chi connectivity index (χ1v) is 7.66. The zero-order chi connectivity index (χ0) is 15.8. The van der Waals surface area contributed by atoms with Crippen LogP contribution in [0.1, 0.15) is 13.3 Å². The number of para-hydroxylation sites is 2. The van der Waals surface area contributed by atoms with Crippen molar-refractivity contribution in [1.82, 2.24) is 9.80 Å². The number of rotatable bonds is 7. The van der Waals surface area contributed by atoms with Crippen molar-refractivity contribution in [3.05, 3.63) is 24.3 Å². The van der Waals surface area contributed by atoms with Crippen molar-refractivity contribution in [2.45, 2.75) is 13.3 Å². The molecule has 2 rings (SSSR count). The fourth-order valence-electron chi connectivity index (χ4n) is 2.42. The van der Waals surface area contributed by atoms with E-state index in [1.54, 1.807) is 4.90 Å². The van der Waals surface area contributed by atoms with E-state index in [1.807, 2.05) is 31.2 Å². The number of hydrogen-bond donors (Lipinski definition) is 1. The molecule has 6 nitrogen and oxygen atoms in total. The lowest BCUT2D eigenvalue weighted by Crippen LogP contribution is -2.46. The summed E-state index contributed by atoms with van der Waals surface area (Å²) >= 11 is 0. The summed E-state index contributed by atoms with van der Waals surface area (Å²) < 4.78 is 5.49. The van der Waals surface area contributed by atoms with E-state index in [9.17, 15) is 9.59 Å². The Morgan fingerprint density at radius 3 is 2.68 bits per heavy atom. The molecule has 0 radical (unpaired) electrons. The molecule has 0 aromatic heterocycles. The Hall–Kier alpha value is -2.08. The summed E-state index contributed by atoms with van der Waals surface area (Å²) in [6.07, 6.45) is 1.32. The number of carbonyl (C=O) groups excluding carboxylic acids is 2. The van der Waals surface area contributed by atoms with Gasteiger partial charge in [-0.15, -0.1) is 0 Å². The van der Waals surface area contributed by atoms with Crippen molar-refractivity contribution in [3.8, 4) is 5.75 Å². The van der Waals surface area contributed by atoms with Gasteiger partial charge >= 0.3 is 0 Å². The summed E-state index contributed by atoms with van der Waals surface area (Å²) in [7, 11) is 0. The highest BCUT2D eigenvalue weighted by Gasteiger charge is 2.16. The van der Waals surface area contributed by atoms with Gasteiger partial charge in [-0.25, -0.2) is 0 Å². The predicted molar refractivity (Wildman–Crippen MR) is 84.9 cm³/mol. The van der Waals surface area contributed by atoms with Gasteiger partial charge in [-0.3, -0.25) is 14.5 Å². The summed E-state index contributed by atoms with van der Waals surface area (Å²) in [4.78, 5) is 26.7. The Morgan fingerprint density at radius 2 is 2.00 bits per heavy atom. The third kappa shape index (κ3) is 4.73. The van der Waals surface area contributed by atoms with Gasteiger partial charge in [0, 0.05) is 39.1 Å². The fraction of sp³-hybridized carbons (Fsp3) is 0.500. The minimum Gasteiger partial charge on any atom is -0.492 e. The molecular weight excluding hydrogens is 282 g/mol. The zero-order valence-electron chi connectivity index (χ0n) is 13.0. The van der Waals surface area contributed by atoms with E-state index in [-0.39, 0.29) is 5.91 Å². The molecule has 1 N–H and O–H groups in total. The zero-order valence-corrected chi connectivity index (χ0v) is 13.0. The van der Waals surface area contributed by atoms with Crippen molar-refractivity contribution in [2.24, 2.45) is 0 Å². The van der Waals surface area contributed by atoms with Gasteiger partial charge in [0.05, 0.1) is 12.3 Å². The molecule has 2 amide bonds. The van der Waals surface area contributed by atoms with Crippen molar-refractivity contribution in [3.63, 3.8) is 0 Å². The Kier molecular flexibility index (Phi) is 6.21. The van der Waals surface area contributed by atoms with Crippen LogP contribution < -0.4 is 10.1 Å². The molecule has 1 heterocycles. The minimum atomic E-state index is -0.0232. The van der Waals surface area contributed by atoms with E-state index in [1.165, 1.54) is 0 Å². The maximum absolute atomic E-state index is 12.1. The topological polar surface area (TPSA) is 61.9 Å². The molecule has 6 heteroatoms. The Morgan fingerprint density at radius 1 is 1.27 bits per heavy atom. The van der Waals surface area contributed by atoms with Crippen LogP contribution in [0.25, 0.3) is 0 Å². The molecule has 0 saturated carbocycles. The molecule has 0 spiro atoms. The van der Waals surface area contributed by atoms with Crippen molar-refractivity contribution in [1.29, 1.82) is 0 Å². The average molecular weight is 305 g/mol. The maximum Gasteiger partial charge on any atom is 0.225 e. The molecule has 1 aromatic carbocycles. The van der Waals surface area contributed by atoms with Gasteiger partial charge in [0.2, 0.25) is 12.3 Å². The van der Waals surface area contributed by atoms with Crippen LogP contribution in [0, 0.1) is 0 Å². The molecule has 120 valence electrons. The van der Waals surface area contributed by atoms with E-state index in [0.717, 1.165) is 32.6 Å². The molecule has 0 aliphatic carbocycles. The van der Waals surface area contributed by atoms with Crippen LogP contribution in [0.3, 0.4) is 0 Å². The van der Waals surface area contributed by atoms with Gasteiger partial charge < -0.3 is 15.0 Å². The number of hydrogen-bond acceptors (Lipinski definition) is 4. The summed E-state index contributed by atoms with van der Waals surface area (Å²) in [6, 6.07) is 7.44. The van der Waals surface area contributed by atoms with Crippen LogP contribution in [0.15, 0.2) is 24.3 Å². The largest absolute Gasteiger partial charge is 0.492 e. The van der Waals surface area contributed by atoms with Crippen LogP contribution in [0.2, 0.25) is 0 Å². The Labute approximate surface area is 131 Å². The van der Waals surface area contributed by atoms with Crippen LogP contribution >= 0.6 is 0 Å². The second-order valence-electron chi connectivity index (χ2n) is 5.21. The highest BCUT2D eigenvalue weighted by atomic mass is 16.5. The molecule has 1 fully saturated rings. The van der Waals surface area contributed by atoms with E-state index in [0.29, 0.717) is 31.0 Å². The first-order valence-electron chi connectivity index (χ1n) is 7.66. The molecule has 1 aromatic rings. The number of carbonyl (C=O) groups is 2. The normalized spacial score (nSPS) is 15.4. The number of nitrogens with zero attached hydrogens (tertiary/aromatic N) is 2. The summed E-state index contributed by atoms with van der Waals surface area (Å²) in [5.41, 5.74) is 0.708. The van der Waals surface area contributed by atoms with Gasteiger partial charge in [-0.1, -0.05) is 12.1 Å². The third-order valence-electron chi connectivity index (χ3n) is 3.67. The predicted octanol–water partition coefficient (Wildman–Crippen LogP) is 1.19. The van der Waals surface area contributed by atoms with Gasteiger partial charge in [0.15, 0.2) is 0 Å². The van der Waals surface area contributed by atoms with E-state index in [4.69, 9.17) is 4.74 Å². The molecule has 1 aliphatic heterocycles. The number of amides is 2. The second-order valence-corrected chi connectivity index (χ2v) is 5.21. The number of benzene rings is 1. The molecule has 1 saturated heterocycles. The lowest BCUT2D eigenvalue weighted by Gasteiger charge is -2.32. The summed E-state index contributed by atoms with van der Waals surface area (Å²) in [5, 5.41) is 2.90. The van der Waals surface area contributed by atoms with Crippen molar-refractivity contribution < 1.29 is 14.3 Å². The quantitative estimate of drug-likeness (QED) is 0.769. The summed E-state index contributed by atoms with van der Waals surface area (Å²) in [5.74, 6) is 0.669. The van der Waals surface area contributed by atoms with Crippen molar-refractivity contribution >= 4 is 18.0 Å². The van der Waals surface area contributed by atoms with Gasteiger partial charge in [0.1, 0.15) is 5.75 Å². The lowest BCUT2D eigenvalue weighted by atomic mass is 10.2. The molecule has 0 bridgehead atoms. The number of ether oxygens (including phenoxy) is 1. The molecule has 22 heavy (non-hydrogen) atoms. The maximum atomic E-state index is 12.1. The number of nitrogens with one attached hydrogen (secondary N) is 1. The highest BCUT2D eigenvalue weighted by molar-refractivity contribution is 5.92. The summed E-state index contributed by atoms with van der Waals surface area (Å²) in [6.45, 7) is 6.29. The van der Waals surface area contributed by atoms with E-state index >= 15 is 0 Å². The third-order valence-corrected chi connectivity index (χ3v) is 3.67. The molecule has 1 aliphatic rings. The van der Waals surface area contributed by atoms with Crippen molar-refractivity contribution in [2.75, 3.05) is 44.6 Å². The monoisotopic (exact) mass is 305 g/mol. The van der Waals surface area contributed by atoms with Gasteiger partial charge in [-0.2, -0.15) is 0 Å². The van der Waals surface area contributed by atoms with Crippen LogP contribution in [0.5, 0.6) is 5.75 Å². The first-order chi connectivity index (χ1) is 10.7. The van der Waals surface area contributed by atoms with Gasteiger partial charge in [-0.05, 0) is 19.1 Å². The number of piperazine rings is 1. The lowest BCUT2D eigenvalue weighted by molar-refractivity contribution is -0.120. The van der Waals surface area contributed by atoms with Crippen LogP contribution in [-0.2, 0) is 9.59 Å². The van der Waals surface area contributed by atoms with E-state index < -0.39 is 0 Å². The highest BCUT2D eigenvalue weighted by Crippen LogP contribution is 2.23. The molecule has 0 atom stereocenters. The number of anilines is 1. The fourth-order valence-corrected chi connectivity index (χ4v) is 2.42.